The van der Waals surface area contributed by atoms with Crippen LogP contribution in [0.1, 0.15) is 58.6 Å². The molecule has 2 rings (SSSR count). The summed E-state index contributed by atoms with van der Waals surface area (Å²) in [5, 5.41) is 20.5. The Balaban J connectivity index is 2.16. The lowest BCUT2D eigenvalue weighted by atomic mass is 9.91. The molecule has 0 saturated carbocycles. The lowest BCUT2D eigenvalue weighted by Crippen LogP contribution is -2.30. The van der Waals surface area contributed by atoms with Crippen molar-refractivity contribution in [1.82, 2.24) is 4.98 Å². The summed E-state index contributed by atoms with van der Waals surface area (Å²) in [5.74, 6) is -0.357. The zero-order chi connectivity index (χ0) is 22.1. The van der Waals surface area contributed by atoms with Gasteiger partial charge in [0.2, 0.25) is 0 Å². The van der Waals surface area contributed by atoms with E-state index < -0.39 is 23.8 Å². The normalized spacial score (nSPS) is 31.5. The molecule has 5 nitrogen and oxygen atoms in total. The molecule has 1 aliphatic heterocycles. The Morgan fingerprint density at radius 2 is 2.17 bits per heavy atom. The number of nitrogens with zero attached hydrogens (tertiary/aromatic N) is 1. The van der Waals surface area contributed by atoms with Crippen LogP contribution in [0.15, 0.2) is 60.3 Å². The number of pyridine rings is 1. The van der Waals surface area contributed by atoms with Crippen molar-refractivity contribution < 1.29 is 19.7 Å². The van der Waals surface area contributed by atoms with E-state index >= 15 is 0 Å². The molecule has 0 aromatic carbocycles. The lowest BCUT2D eigenvalue weighted by molar-refractivity contribution is -0.151. The van der Waals surface area contributed by atoms with Crippen LogP contribution in [0.25, 0.3) is 0 Å². The van der Waals surface area contributed by atoms with E-state index in [2.05, 4.69) is 18.0 Å². The Bertz CT molecular complexity index is 767. The van der Waals surface area contributed by atoms with Gasteiger partial charge in [-0.2, -0.15) is 0 Å². The van der Waals surface area contributed by atoms with Crippen molar-refractivity contribution in [3.05, 3.63) is 72.5 Å². The van der Waals surface area contributed by atoms with Crippen molar-refractivity contribution in [3.63, 3.8) is 0 Å². The van der Waals surface area contributed by atoms with Crippen molar-refractivity contribution in [3.8, 4) is 0 Å². The van der Waals surface area contributed by atoms with Crippen LogP contribution in [0, 0.1) is 12.3 Å². The SMILES string of the molecule is C/C(=C\C=C\[C@H](C)c1ccccn1)[C@H]1OC(=O)C[C@@H](O)CC[C@@](C)(O)[CH]/C=C/[C@@H]1C. The van der Waals surface area contributed by atoms with Crippen molar-refractivity contribution in [2.75, 3.05) is 0 Å². The number of allylic oxidation sites excluding steroid dienone is 3. The van der Waals surface area contributed by atoms with Crippen molar-refractivity contribution >= 4 is 5.97 Å². The molecule has 0 bridgehead atoms. The molecular formula is C25H34NO4. The summed E-state index contributed by atoms with van der Waals surface area (Å²) in [6.45, 7) is 7.68. The molecule has 163 valence electrons. The maximum absolute atomic E-state index is 12.4. The third-order valence-corrected chi connectivity index (χ3v) is 5.35. The number of aliphatic hydroxyl groups excluding tert-OH is 1. The highest BCUT2D eigenvalue weighted by Crippen LogP contribution is 2.24. The fraction of sp³-hybridized carbons (Fsp3) is 0.480. The van der Waals surface area contributed by atoms with Crippen LogP contribution >= 0.6 is 0 Å². The van der Waals surface area contributed by atoms with Gasteiger partial charge in [0.15, 0.2) is 0 Å². The minimum Gasteiger partial charge on any atom is -0.457 e. The fourth-order valence-electron chi connectivity index (χ4n) is 3.39. The number of hydrogen-bond donors (Lipinski definition) is 2. The zero-order valence-electron chi connectivity index (χ0n) is 18.4. The minimum atomic E-state index is -1.02. The van der Waals surface area contributed by atoms with Crippen molar-refractivity contribution in [2.24, 2.45) is 5.92 Å². The van der Waals surface area contributed by atoms with Crippen LogP contribution in [0.5, 0.6) is 0 Å². The van der Waals surface area contributed by atoms with E-state index in [0.717, 1.165) is 11.3 Å². The first-order valence-corrected chi connectivity index (χ1v) is 10.6. The predicted molar refractivity (Wildman–Crippen MR) is 119 cm³/mol. The van der Waals surface area contributed by atoms with Crippen LogP contribution in [-0.4, -0.2) is 39.0 Å². The number of carbonyl (C=O) groups is 1. The monoisotopic (exact) mass is 412 g/mol. The standard InChI is InChI=1S/C25H34NO4/c1-18(22-12-5-6-16-26-22)9-7-10-19(2)24-20(3)11-8-14-25(4,29)15-13-21(27)17-23(28)30-24/h5-12,14,16,18,20-21,24,27,29H,13,15,17H2,1-4H3/b9-7+,11-8+,19-10+/t18-,20-,21-,24+,25-/m0/s1. The van der Waals surface area contributed by atoms with Gasteiger partial charge in [0.05, 0.1) is 18.1 Å². The number of aliphatic hydroxyl groups is 2. The number of aromatic nitrogens is 1. The molecule has 30 heavy (non-hydrogen) atoms. The van der Waals surface area contributed by atoms with Gasteiger partial charge >= 0.3 is 5.97 Å². The number of cyclic esters (lactones) is 1. The maximum Gasteiger partial charge on any atom is 0.309 e. The molecule has 2 heterocycles. The first-order chi connectivity index (χ1) is 14.2. The summed E-state index contributed by atoms with van der Waals surface area (Å²) in [6, 6.07) is 5.85. The van der Waals surface area contributed by atoms with Crippen molar-refractivity contribution in [2.45, 2.75) is 70.7 Å². The van der Waals surface area contributed by atoms with Crippen LogP contribution in [0.2, 0.25) is 0 Å². The summed E-state index contributed by atoms with van der Waals surface area (Å²) in [5.41, 5.74) is 0.874. The molecule has 1 radical (unpaired) electrons. The molecule has 1 aromatic rings. The second kappa shape index (κ2) is 11.2. The Kier molecular flexibility index (Phi) is 9.00. The molecule has 2 N–H and O–H groups in total. The predicted octanol–water partition coefficient (Wildman–Crippen LogP) is 4.29. The summed E-state index contributed by atoms with van der Waals surface area (Å²) in [6.07, 6.45) is 12.6. The fourth-order valence-corrected chi connectivity index (χ4v) is 3.39. The van der Waals surface area contributed by atoms with Gasteiger partial charge in [0, 0.05) is 30.1 Å². The third kappa shape index (κ3) is 7.88. The molecule has 0 amide bonds. The van der Waals surface area contributed by atoms with E-state index in [1.54, 1.807) is 19.5 Å². The minimum absolute atomic E-state index is 0.0805. The molecular weight excluding hydrogens is 378 g/mol. The number of esters is 1. The van der Waals surface area contributed by atoms with Gasteiger partial charge < -0.3 is 14.9 Å². The second-order valence-corrected chi connectivity index (χ2v) is 8.41. The van der Waals surface area contributed by atoms with E-state index in [9.17, 15) is 15.0 Å². The summed E-state index contributed by atoms with van der Waals surface area (Å²) in [7, 11) is 0. The zero-order valence-corrected chi connectivity index (χ0v) is 18.4. The Morgan fingerprint density at radius 1 is 1.40 bits per heavy atom. The number of carbonyl (C=O) groups excluding carboxylic acids is 1. The number of hydrogen-bond acceptors (Lipinski definition) is 5. The maximum atomic E-state index is 12.4. The van der Waals surface area contributed by atoms with Gasteiger partial charge in [0.25, 0.3) is 0 Å². The van der Waals surface area contributed by atoms with Gasteiger partial charge in [0.1, 0.15) is 6.10 Å². The average Bonchev–Trinajstić information content (AvgIpc) is 2.70. The number of ether oxygens (including phenoxy) is 1. The highest BCUT2D eigenvalue weighted by molar-refractivity contribution is 5.70. The largest absolute Gasteiger partial charge is 0.457 e. The summed E-state index contributed by atoms with van der Waals surface area (Å²) < 4.78 is 5.72. The van der Waals surface area contributed by atoms with Gasteiger partial charge in [-0.3, -0.25) is 9.78 Å². The molecule has 0 aliphatic carbocycles. The van der Waals surface area contributed by atoms with Crippen LogP contribution < -0.4 is 0 Å². The highest BCUT2D eigenvalue weighted by Gasteiger charge is 2.26. The Labute approximate surface area is 180 Å². The van der Waals surface area contributed by atoms with Gasteiger partial charge in [-0.25, -0.2) is 0 Å². The molecule has 0 unspecified atom stereocenters. The highest BCUT2D eigenvalue weighted by atomic mass is 16.5. The first kappa shape index (κ1) is 24.0. The quantitative estimate of drug-likeness (QED) is 0.570. The molecule has 1 aromatic heterocycles. The number of rotatable bonds is 4. The third-order valence-electron chi connectivity index (χ3n) is 5.35. The van der Waals surface area contributed by atoms with Crippen LogP contribution in [0.3, 0.4) is 0 Å². The van der Waals surface area contributed by atoms with Crippen LogP contribution in [0.4, 0.5) is 0 Å². The lowest BCUT2D eigenvalue weighted by Gasteiger charge is -2.27. The van der Waals surface area contributed by atoms with E-state index in [0.29, 0.717) is 12.8 Å². The second-order valence-electron chi connectivity index (χ2n) is 8.41. The first-order valence-electron chi connectivity index (χ1n) is 10.6. The van der Waals surface area contributed by atoms with E-state index in [-0.39, 0.29) is 18.3 Å². The molecule has 0 fully saturated rings. The Hall–Kier alpha value is -2.24. The molecule has 5 atom stereocenters. The van der Waals surface area contributed by atoms with Gasteiger partial charge in [-0.15, -0.1) is 0 Å². The molecule has 1 aliphatic rings. The van der Waals surface area contributed by atoms with Gasteiger partial charge in [-0.05, 0) is 44.4 Å². The topological polar surface area (TPSA) is 79.7 Å². The molecule has 5 heteroatoms. The van der Waals surface area contributed by atoms with Gasteiger partial charge in [-0.1, -0.05) is 50.3 Å². The molecule has 0 spiro atoms. The van der Waals surface area contributed by atoms with E-state index in [1.807, 2.05) is 56.4 Å². The van der Waals surface area contributed by atoms with E-state index in [4.69, 9.17) is 4.74 Å². The Morgan fingerprint density at radius 3 is 2.87 bits per heavy atom. The summed E-state index contributed by atoms with van der Waals surface area (Å²) >= 11 is 0. The van der Waals surface area contributed by atoms with E-state index in [1.165, 1.54) is 0 Å². The summed E-state index contributed by atoms with van der Waals surface area (Å²) in [4.78, 5) is 16.7. The van der Waals surface area contributed by atoms with Crippen LogP contribution in [-0.2, 0) is 9.53 Å². The average molecular weight is 413 g/mol. The van der Waals surface area contributed by atoms with Crippen molar-refractivity contribution in [1.29, 1.82) is 0 Å². The smallest absolute Gasteiger partial charge is 0.309 e. The molecule has 0 saturated heterocycles.